The highest BCUT2D eigenvalue weighted by atomic mass is 35.5. The Morgan fingerprint density at radius 1 is 1.90 bits per heavy atom. The lowest BCUT2D eigenvalue weighted by molar-refractivity contribution is 0.107. The fourth-order valence-corrected chi connectivity index (χ4v) is 0.633. The van der Waals surface area contributed by atoms with E-state index in [0.29, 0.717) is 0 Å². The standard InChI is InChI=1S/C5H4ClFN2O/c1-9-4(7)2-3(8-9)5(6)10/h2H,1H3. The van der Waals surface area contributed by atoms with Crippen molar-refractivity contribution in [2.75, 3.05) is 0 Å². The number of aromatic nitrogens is 2. The van der Waals surface area contributed by atoms with Gasteiger partial charge in [-0.3, -0.25) is 4.79 Å². The number of hydrogen-bond donors (Lipinski definition) is 0. The second-order valence-corrected chi connectivity index (χ2v) is 2.09. The molecule has 0 saturated carbocycles. The molecular weight excluding hydrogens is 159 g/mol. The minimum atomic E-state index is -0.750. The van der Waals surface area contributed by atoms with Crippen LogP contribution >= 0.6 is 11.6 Å². The van der Waals surface area contributed by atoms with Gasteiger partial charge in [-0.2, -0.15) is 9.49 Å². The van der Waals surface area contributed by atoms with Gasteiger partial charge >= 0.3 is 0 Å². The van der Waals surface area contributed by atoms with E-state index in [0.717, 1.165) is 10.7 Å². The van der Waals surface area contributed by atoms with Crippen LogP contribution in [0.15, 0.2) is 6.07 Å². The zero-order valence-electron chi connectivity index (χ0n) is 5.14. The minimum Gasteiger partial charge on any atom is -0.274 e. The molecule has 10 heavy (non-hydrogen) atoms. The van der Waals surface area contributed by atoms with Crippen molar-refractivity contribution in [2.24, 2.45) is 7.05 Å². The first kappa shape index (κ1) is 7.21. The van der Waals surface area contributed by atoms with Gasteiger partial charge in [0.05, 0.1) is 0 Å². The average molecular weight is 163 g/mol. The molecule has 1 rings (SSSR count). The molecule has 0 amide bonds. The van der Waals surface area contributed by atoms with Gasteiger partial charge in [0.15, 0.2) is 0 Å². The van der Waals surface area contributed by atoms with Crippen molar-refractivity contribution in [1.29, 1.82) is 0 Å². The molecule has 0 aliphatic rings. The molecule has 5 heteroatoms. The number of carbonyl (C=O) groups is 1. The quantitative estimate of drug-likeness (QED) is 0.576. The van der Waals surface area contributed by atoms with Crippen molar-refractivity contribution in [3.63, 3.8) is 0 Å². The summed E-state index contributed by atoms with van der Waals surface area (Å²) >= 11 is 5.01. The zero-order chi connectivity index (χ0) is 7.72. The van der Waals surface area contributed by atoms with Gasteiger partial charge in [-0.15, -0.1) is 0 Å². The molecule has 0 N–H and O–H groups in total. The predicted molar refractivity (Wildman–Crippen MR) is 33.3 cm³/mol. The Bertz CT molecular complexity index is 251. The van der Waals surface area contributed by atoms with Crippen molar-refractivity contribution in [3.05, 3.63) is 17.7 Å². The van der Waals surface area contributed by atoms with Crippen LogP contribution in [0.1, 0.15) is 10.5 Å². The van der Waals surface area contributed by atoms with Crippen LogP contribution in [0, 0.1) is 5.95 Å². The molecule has 0 radical (unpaired) electrons. The second kappa shape index (κ2) is 2.38. The number of halogens is 2. The summed E-state index contributed by atoms with van der Waals surface area (Å²) in [4.78, 5) is 10.3. The van der Waals surface area contributed by atoms with Gasteiger partial charge in [0.2, 0.25) is 5.95 Å². The van der Waals surface area contributed by atoms with E-state index in [4.69, 9.17) is 11.6 Å². The van der Waals surface area contributed by atoms with Gasteiger partial charge in [0.1, 0.15) is 5.69 Å². The summed E-state index contributed by atoms with van der Waals surface area (Å²) in [6.07, 6.45) is 0. The number of aryl methyl sites for hydroxylation is 1. The van der Waals surface area contributed by atoms with E-state index in [-0.39, 0.29) is 5.69 Å². The summed E-state index contributed by atoms with van der Waals surface area (Å²) in [5, 5.41) is 2.72. The van der Waals surface area contributed by atoms with Crippen LogP contribution in [0.5, 0.6) is 0 Å². The Morgan fingerprint density at radius 2 is 2.50 bits per heavy atom. The lowest BCUT2D eigenvalue weighted by Gasteiger charge is -1.84. The van der Waals surface area contributed by atoms with Crippen molar-refractivity contribution < 1.29 is 9.18 Å². The van der Waals surface area contributed by atoms with E-state index in [1.807, 2.05) is 0 Å². The van der Waals surface area contributed by atoms with E-state index in [2.05, 4.69) is 5.10 Å². The minimum absolute atomic E-state index is 0.0679. The molecule has 3 nitrogen and oxygen atoms in total. The molecule has 0 spiro atoms. The molecule has 0 fully saturated rings. The third-order valence-corrected chi connectivity index (χ3v) is 1.22. The van der Waals surface area contributed by atoms with Crippen LogP contribution in [0.4, 0.5) is 4.39 Å². The van der Waals surface area contributed by atoms with Gasteiger partial charge in [-0.05, 0) is 11.6 Å². The molecule has 54 valence electrons. The lowest BCUT2D eigenvalue weighted by atomic mass is 10.5. The summed E-state index contributed by atoms with van der Waals surface area (Å²) in [6, 6.07) is 0.981. The maximum absolute atomic E-state index is 12.4. The highest BCUT2D eigenvalue weighted by Gasteiger charge is 2.08. The Kier molecular flexibility index (Phi) is 1.72. The maximum Gasteiger partial charge on any atom is 0.272 e. The van der Waals surface area contributed by atoms with Crippen LogP contribution in [0.25, 0.3) is 0 Å². The number of rotatable bonds is 1. The van der Waals surface area contributed by atoms with Gasteiger partial charge < -0.3 is 0 Å². The first-order valence-corrected chi connectivity index (χ1v) is 2.88. The average Bonchev–Trinajstić information content (AvgIpc) is 2.13. The van der Waals surface area contributed by atoms with Crippen LogP contribution in [-0.4, -0.2) is 15.0 Å². The topological polar surface area (TPSA) is 34.9 Å². The SMILES string of the molecule is Cn1nc(C(=O)Cl)cc1F. The predicted octanol–water partition coefficient (Wildman–Crippen LogP) is 0.938. The van der Waals surface area contributed by atoms with Gasteiger partial charge in [-0.25, -0.2) is 4.68 Å². The first-order valence-electron chi connectivity index (χ1n) is 2.50. The molecule has 1 heterocycles. The Morgan fingerprint density at radius 3 is 2.70 bits per heavy atom. The molecule has 0 bridgehead atoms. The fraction of sp³-hybridized carbons (Fsp3) is 0.200. The molecule has 1 aromatic heterocycles. The van der Waals surface area contributed by atoms with E-state index < -0.39 is 11.2 Å². The van der Waals surface area contributed by atoms with Crippen LogP contribution in [-0.2, 0) is 7.05 Å². The molecule has 0 aliphatic carbocycles. The van der Waals surface area contributed by atoms with Crippen molar-refractivity contribution in [2.45, 2.75) is 0 Å². The molecule has 0 aromatic carbocycles. The van der Waals surface area contributed by atoms with Crippen molar-refractivity contribution in [1.82, 2.24) is 9.78 Å². The molecular formula is C5H4ClFN2O. The highest BCUT2D eigenvalue weighted by Crippen LogP contribution is 2.02. The summed E-state index contributed by atoms with van der Waals surface area (Å²) in [5.74, 6) is -0.580. The van der Waals surface area contributed by atoms with Crippen LogP contribution in [0.3, 0.4) is 0 Å². The second-order valence-electron chi connectivity index (χ2n) is 1.75. The van der Waals surface area contributed by atoms with E-state index in [1.54, 1.807) is 0 Å². The number of nitrogens with zero attached hydrogens (tertiary/aromatic N) is 2. The largest absolute Gasteiger partial charge is 0.274 e. The molecule has 0 unspecified atom stereocenters. The van der Waals surface area contributed by atoms with Crippen molar-refractivity contribution >= 4 is 16.8 Å². The van der Waals surface area contributed by atoms with Gasteiger partial charge in [0, 0.05) is 13.1 Å². The fourth-order valence-electron chi connectivity index (χ4n) is 0.541. The first-order chi connectivity index (χ1) is 4.61. The Balaban J connectivity index is 3.10. The molecule has 0 saturated heterocycles. The van der Waals surface area contributed by atoms with Crippen molar-refractivity contribution in [3.8, 4) is 0 Å². The van der Waals surface area contributed by atoms with Gasteiger partial charge in [-0.1, -0.05) is 0 Å². The van der Waals surface area contributed by atoms with Crippen LogP contribution in [0.2, 0.25) is 0 Å². The van der Waals surface area contributed by atoms with Crippen LogP contribution < -0.4 is 0 Å². The Hall–Kier alpha value is -0.900. The number of carbonyl (C=O) groups excluding carboxylic acids is 1. The third kappa shape index (κ3) is 1.16. The number of hydrogen-bond acceptors (Lipinski definition) is 2. The van der Waals surface area contributed by atoms with E-state index in [1.165, 1.54) is 7.05 Å². The smallest absolute Gasteiger partial charge is 0.272 e. The Labute approximate surface area is 61.4 Å². The normalized spacial score (nSPS) is 9.90. The lowest BCUT2D eigenvalue weighted by Crippen LogP contribution is -1.95. The highest BCUT2D eigenvalue weighted by molar-refractivity contribution is 6.67. The summed E-state index contributed by atoms with van der Waals surface area (Å²) in [5.41, 5.74) is -0.0679. The third-order valence-electron chi connectivity index (χ3n) is 1.02. The summed E-state index contributed by atoms with van der Waals surface area (Å²) in [7, 11) is 1.39. The summed E-state index contributed by atoms with van der Waals surface area (Å²) in [6.45, 7) is 0. The zero-order valence-corrected chi connectivity index (χ0v) is 5.89. The molecule has 1 aromatic rings. The summed E-state index contributed by atoms with van der Waals surface area (Å²) < 4.78 is 13.3. The maximum atomic E-state index is 12.4. The van der Waals surface area contributed by atoms with E-state index in [9.17, 15) is 9.18 Å². The molecule has 0 aliphatic heterocycles. The van der Waals surface area contributed by atoms with Gasteiger partial charge in [0.25, 0.3) is 5.24 Å². The monoisotopic (exact) mass is 162 g/mol. The molecule has 0 atom stereocenters. The van der Waals surface area contributed by atoms with E-state index >= 15 is 0 Å².